The highest BCUT2D eigenvalue weighted by atomic mass is 32.2. The molecule has 1 heterocycles. The number of methoxy groups -OCH3 is 1. The summed E-state index contributed by atoms with van der Waals surface area (Å²) in [4.78, 5) is 0.402. The second-order valence-corrected chi connectivity index (χ2v) is 8.25. The Balaban J connectivity index is 1.94. The van der Waals surface area contributed by atoms with Gasteiger partial charge in [-0.1, -0.05) is 24.6 Å². The zero-order chi connectivity index (χ0) is 16.4. The number of morpholine rings is 1. The van der Waals surface area contributed by atoms with Gasteiger partial charge in [0.1, 0.15) is 0 Å². The highest BCUT2D eigenvalue weighted by Gasteiger charge is 2.43. The summed E-state index contributed by atoms with van der Waals surface area (Å²) in [6.07, 6.45) is 3.19. The number of ether oxygens (including phenoxy) is 2. The number of aryl methyl sites for hydroxylation is 1. The predicted molar refractivity (Wildman–Crippen MR) is 87.8 cm³/mol. The Morgan fingerprint density at radius 2 is 2.04 bits per heavy atom. The van der Waals surface area contributed by atoms with Crippen LogP contribution in [-0.4, -0.2) is 51.7 Å². The first kappa shape index (κ1) is 16.9. The zero-order valence-electron chi connectivity index (χ0n) is 13.8. The second-order valence-electron chi connectivity index (χ2n) is 6.39. The SMILES string of the molecule is COC1CCCC1C1COCCN1S(=O)(=O)c1ccccc1C. The maximum atomic E-state index is 13.2. The van der Waals surface area contributed by atoms with Crippen molar-refractivity contribution in [3.8, 4) is 0 Å². The van der Waals surface area contributed by atoms with Crippen molar-refractivity contribution in [1.29, 1.82) is 0 Å². The number of rotatable bonds is 4. The molecule has 3 rings (SSSR count). The molecular formula is C17H25NO4S. The van der Waals surface area contributed by atoms with Gasteiger partial charge in [0, 0.05) is 19.6 Å². The number of hydrogen-bond donors (Lipinski definition) is 0. The van der Waals surface area contributed by atoms with E-state index < -0.39 is 10.0 Å². The summed E-state index contributed by atoms with van der Waals surface area (Å²) >= 11 is 0. The lowest BCUT2D eigenvalue weighted by atomic mass is 9.96. The van der Waals surface area contributed by atoms with Crippen LogP contribution in [0.15, 0.2) is 29.2 Å². The molecule has 3 atom stereocenters. The largest absolute Gasteiger partial charge is 0.381 e. The smallest absolute Gasteiger partial charge is 0.243 e. The van der Waals surface area contributed by atoms with Crippen LogP contribution in [-0.2, 0) is 19.5 Å². The minimum atomic E-state index is -3.51. The van der Waals surface area contributed by atoms with Gasteiger partial charge in [-0.25, -0.2) is 8.42 Å². The van der Waals surface area contributed by atoms with E-state index in [1.54, 1.807) is 23.5 Å². The minimum absolute atomic E-state index is 0.122. The maximum Gasteiger partial charge on any atom is 0.243 e. The molecule has 0 N–H and O–H groups in total. The molecule has 0 bridgehead atoms. The first-order valence-electron chi connectivity index (χ1n) is 8.23. The molecule has 2 aliphatic rings. The lowest BCUT2D eigenvalue weighted by Crippen LogP contribution is -2.53. The van der Waals surface area contributed by atoms with Crippen LogP contribution in [0.25, 0.3) is 0 Å². The number of benzene rings is 1. The Kier molecular flexibility index (Phi) is 5.06. The Bertz CT molecular complexity index is 646. The number of nitrogens with zero attached hydrogens (tertiary/aromatic N) is 1. The van der Waals surface area contributed by atoms with Crippen LogP contribution in [0.4, 0.5) is 0 Å². The molecule has 1 saturated carbocycles. The van der Waals surface area contributed by atoms with Crippen molar-refractivity contribution in [3.63, 3.8) is 0 Å². The van der Waals surface area contributed by atoms with Crippen LogP contribution < -0.4 is 0 Å². The molecule has 6 heteroatoms. The van der Waals surface area contributed by atoms with E-state index in [-0.39, 0.29) is 18.1 Å². The molecule has 1 aliphatic heterocycles. The van der Waals surface area contributed by atoms with Crippen LogP contribution in [0.5, 0.6) is 0 Å². The van der Waals surface area contributed by atoms with E-state index in [0.29, 0.717) is 24.7 Å². The van der Waals surface area contributed by atoms with Gasteiger partial charge in [0.2, 0.25) is 10.0 Å². The van der Waals surface area contributed by atoms with Gasteiger partial charge >= 0.3 is 0 Å². The van der Waals surface area contributed by atoms with Crippen LogP contribution in [0, 0.1) is 12.8 Å². The minimum Gasteiger partial charge on any atom is -0.381 e. The molecule has 0 radical (unpaired) electrons. The molecule has 0 aromatic heterocycles. The van der Waals surface area contributed by atoms with Gasteiger partial charge in [-0.05, 0) is 31.4 Å². The molecule has 0 spiro atoms. The maximum absolute atomic E-state index is 13.2. The van der Waals surface area contributed by atoms with Gasteiger partial charge in [-0.15, -0.1) is 0 Å². The standard InChI is InChI=1S/C17H25NO4S/c1-13-6-3-4-9-17(13)23(19,20)18-10-11-22-12-15(18)14-7-5-8-16(14)21-2/h3-4,6,9,14-16H,5,7-8,10-12H2,1-2H3. The monoisotopic (exact) mass is 339 g/mol. The topological polar surface area (TPSA) is 55.8 Å². The van der Waals surface area contributed by atoms with E-state index >= 15 is 0 Å². The van der Waals surface area contributed by atoms with Gasteiger partial charge in [-0.2, -0.15) is 4.31 Å². The first-order chi connectivity index (χ1) is 11.1. The average molecular weight is 339 g/mol. The van der Waals surface area contributed by atoms with Crippen molar-refractivity contribution in [2.45, 2.75) is 43.2 Å². The van der Waals surface area contributed by atoms with Crippen molar-refractivity contribution >= 4 is 10.0 Å². The molecule has 3 unspecified atom stereocenters. The summed E-state index contributed by atoms with van der Waals surface area (Å²) in [5.41, 5.74) is 0.785. The molecule has 1 aromatic carbocycles. The summed E-state index contributed by atoms with van der Waals surface area (Å²) in [6.45, 7) is 3.16. The highest BCUT2D eigenvalue weighted by Crippen LogP contribution is 2.36. The fraction of sp³-hybridized carbons (Fsp3) is 0.647. The number of hydrogen-bond acceptors (Lipinski definition) is 4. The van der Waals surface area contributed by atoms with Gasteiger partial charge in [0.05, 0.1) is 30.3 Å². The molecule has 5 nitrogen and oxygen atoms in total. The van der Waals surface area contributed by atoms with Crippen molar-refractivity contribution in [1.82, 2.24) is 4.31 Å². The van der Waals surface area contributed by atoms with Crippen molar-refractivity contribution in [3.05, 3.63) is 29.8 Å². The summed E-state index contributed by atoms with van der Waals surface area (Å²) < 4.78 is 39.3. The van der Waals surface area contributed by atoms with E-state index in [1.807, 2.05) is 19.1 Å². The summed E-state index contributed by atoms with van der Waals surface area (Å²) in [5, 5.41) is 0. The van der Waals surface area contributed by atoms with E-state index in [0.717, 1.165) is 24.8 Å². The summed E-state index contributed by atoms with van der Waals surface area (Å²) in [7, 11) is -1.80. The quantitative estimate of drug-likeness (QED) is 0.844. The lowest BCUT2D eigenvalue weighted by molar-refractivity contribution is -0.0260. The molecule has 128 valence electrons. The number of sulfonamides is 1. The predicted octanol–water partition coefficient (Wildman–Crippen LogP) is 2.20. The molecule has 23 heavy (non-hydrogen) atoms. The Morgan fingerprint density at radius 1 is 1.26 bits per heavy atom. The van der Waals surface area contributed by atoms with E-state index in [9.17, 15) is 8.42 Å². The van der Waals surface area contributed by atoms with E-state index in [2.05, 4.69) is 0 Å². The van der Waals surface area contributed by atoms with Crippen LogP contribution in [0.2, 0.25) is 0 Å². The first-order valence-corrected chi connectivity index (χ1v) is 9.67. The highest BCUT2D eigenvalue weighted by molar-refractivity contribution is 7.89. The Morgan fingerprint density at radius 3 is 2.78 bits per heavy atom. The summed E-state index contributed by atoms with van der Waals surface area (Å²) in [5.74, 6) is 0.207. The lowest BCUT2D eigenvalue weighted by Gasteiger charge is -2.39. The molecule has 2 fully saturated rings. The average Bonchev–Trinajstić information content (AvgIpc) is 3.03. The van der Waals surface area contributed by atoms with Crippen LogP contribution in [0.1, 0.15) is 24.8 Å². The van der Waals surface area contributed by atoms with Gasteiger partial charge < -0.3 is 9.47 Å². The van der Waals surface area contributed by atoms with E-state index in [1.165, 1.54) is 0 Å². The Labute approximate surface area is 138 Å². The molecule has 1 aromatic rings. The molecular weight excluding hydrogens is 314 g/mol. The zero-order valence-corrected chi connectivity index (χ0v) is 14.6. The van der Waals surface area contributed by atoms with E-state index in [4.69, 9.17) is 9.47 Å². The van der Waals surface area contributed by atoms with Crippen molar-refractivity contribution < 1.29 is 17.9 Å². The normalized spacial score (nSPS) is 29.7. The van der Waals surface area contributed by atoms with Gasteiger partial charge in [-0.3, -0.25) is 0 Å². The Hall–Kier alpha value is -0.950. The second kappa shape index (κ2) is 6.89. The molecule has 0 amide bonds. The third-order valence-electron chi connectivity index (χ3n) is 5.10. The van der Waals surface area contributed by atoms with Gasteiger partial charge in [0.15, 0.2) is 0 Å². The van der Waals surface area contributed by atoms with Gasteiger partial charge in [0.25, 0.3) is 0 Å². The fourth-order valence-corrected chi connectivity index (χ4v) is 5.77. The van der Waals surface area contributed by atoms with Crippen molar-refractivity contribution in [2.75, 3.05) is 26.9 Å². The fourth-order valence-electron chi connectivity index (χ4n) is 3.90. The molecule has 1 aliphatic carbocycles. The summed E-state index contributed by atoms with van der Waals surface area (Å²) in [6, 6.07) is 7.04. The van der Waals surface area contributed by atoms with Crippen molar-refractivity contribution in [2.24, 2.45) is 5.92 Å². The molecule has 1 saturated heterocycles. The third-order valence-corrected chi connectivity index (χ3v) is 7.18. The third kappa shape index (κ3) is 3.18. The van der Waals surface area contributed by atoms with Crippen LogP contribution >= 0.6 is 0 Å². The van der Waals surface area contributed by atoms with Crippen LogP contribution in [0.3, 0.4) is 0 Å².